The predicted octanol–water partition coefficient (Wildman–Crippen LogP) is 18.3. The van der Waals surface area contributed by atoms with E-state index in [1.165, 1.54) is 0 Å². The minimum absolute atomic E-state index is 0.149. The summed E-state index contributed by atoms with van der Waals surface area (Å²) < 4.78 is 42.6. The molecule has 6 aromatic carbocycles. The molecule has 0 amide bonds. The van der Waals surface area contributed by atoms with Gasteiger partial charge in [0.1, 0.15) is 109 Å². The topological polar surface area (TPSA) is 196 Å². The lowest BCUT2D eigenvalue weighted by atomic mass is 9.75. The lowest BCUT2D eigenvalue weighted by Crippen LogP contribution is -2.36. The Hall–Kier alpha value is -7.32. The molecule has 6 heterocycles. The van der Waals surface area contributed by atoms with E-state index in [2.05, 4.69) is 190 Å². The molecule has 6 unspecified atom stereocenters. The zero-order valence-electron chi connectivity index (χ0n) is 68.2. The van der Waals surface area contributed by atoms with Gasteiger partial charge in [0.25, 0.3) is 0 Å². The fraction of sp³-hybridized carbons (Fsp3) is 0.600. The molecule has 6 atom stereocenters. The highest BCUT2D eigenvalue weighted by atomic mass is 16.5. The molecule has 0 spiro atoms. The molecule has 0 radical (unpaired) electrons. The van der Waals surface area contributed by atoms with Crippen molar-refractivity contribution in [3.8, 4) is 69.0 Å². The molecule has 0 fully saturated rings. The van der Waals surface area contributed by atoms with Gasteiger partial charge in [0.05, 0.1) is 33.4 Å². The number of hydrogen-bond donors (Lipinski definition) is 6. The van der Waals surface area contributed by atoms with Crippen LogP contribution < -0.4 is 28.4 Å². The highest BCUT2D eigenvalue weighted by Crippen LogP contribution is 2.60. The normalized spacial score (nSPS) is 21.4. The van der Waals surface area contributed by atoms with Gasteiger partial charge in [0.15, 0.2) is 0 Å². The van der Waals surface area contributed by atoms with Crippen molar-refractivity contribution >= 4 is 0 Å². The number of ether oxygens (including phenoxy) is 6. The molecule has 0 saturated carbocycles. The minimum Gasteiger partial charge on any atom is -0.507 e. The summed E-state index contributed by atoms with van der Waals surface area (Å²) in [5, 5.41) is 81.7. The van der Waals surface area contributed by atoms with Crippen LogP contribution in [0.5, 0.6) is 69.0 Å². The monoisotopic (exact) mass is 1480 g/mol. The van der Waals surface area contributed by atoms with Crippen LogP contribution in [0.3, 0.4) is 0 Å². The van der Waals surface area contributed by atoms with E-state index in [-0.39, 0.29) is 34.5 Å². The lowest BCUT2D eigenvalue weighted by molar-refractivity contribution is 0.0804. The smallest absolute Gasteiger partial charge is 0.142 e. The first-order valence-electron chi connectivity index (χ1n) is 41.1. The Labute approximate surface area is 643 Å². The van der Waals surface area contributed by atoms with E-state index >= 15 is 0 Å². The van der Waals surface area contributed by atoms with Crippen molar-refractivity contribution in [1.29, 1.82) is 0 Å². The number of phenols is 6. The molecular formula is C90H126N6O12. The first-order chi connectivity index (χ1) is 51.7. The Bertz CT molecular complexity index is 3590. The van der Waals surface area contributed by atoms with Crippen LogP contribution in [0.25, 0.3) is 0 Å². The van der Waals surface area contributed by atoms with Crippen LogP contribution in [0.2, 0.25) is 0 Å². The van der Waals surface area contributed by atoms with Gasteiger partial charge in [-0.2, -0.15) is 0 Å². The highest BCUT2D eigenvalue weighted by Gasteiger charge is 2.43. The van der Waals surface area contributed by atoms with Gasteiger partial charge in [-0.15, -0.1) is 0 Å². The van der Waals surface area contributed by atoms with Crippen molar-refractivity contribution in [2.75, 3.05) is 79.7 Å². The van der Waals surface area contributed by atoms with E-state index in [4.69, 9.17) is 28.4 Å². The highest BCUT2D eigenvalue weighted by molar-refractivity contribution is 5.71. The number of nitrogens with zero attached hydrogens (tertiary/aromatic N) is 6. The largest absolute Gasteiger partial charge is 0.507 e. The average molecular weight is 1480 g/mol. The number of phenolic OH excluding ortho intramolecular Hbond substituents is 6. The molecule has 0 saturated heterocycles. The molecule has 0 aromatic heterocycles. The first kappa shape index (κ1) is 78.8. The third kappa shape index (κ3) is 15.0. The average Bonchev–Trinajstić information content (AvgIpc) is 0.735. The van der Waals surface area contributed by atoms with Crippen LogP contribution in [0.15, 0.2) is 36.4 Å². The zero-order chi connectivity index (χ0) is 77.2. The summed E-state index contributed by atoms with van der Waals surface area (Å²) in [6.07, 6.45) is 3.22. The summed E-state index contributed by atoms with van der Waals surface area (Å²) in [6, 6.07) is 12.9. The summed E-state index contributed by atoms with van der Waals surface area (Å²) in [6.45, 7) is 48.2. The molecule has 6 aromatic rings. The molecular weight excluding hydrogens is 1360 g/mol. The number of fused-ring (bicyclic) bond motifs is 24. The quantitative estimate of drug-likeness (QED) is 0.0475. The summed E-state index contributed by atoms with van der Waals surface area (Å²) in [4.78, 5) is 13.6. The Morgan fingerprint density at radius 1 is 0.241 bits per heavy atom. The molecule has 1 aliphatic carbocycles. The number of aromatic hydroxyl groups is 6. The van der Waals surface area contributed by atoms with Crippen molar-refractivity contribution < 1.29 is 59.1 Å². The van der Waals surface area contributed by atoms with Crippen molar-refractivity contribution in [1.82, 2.24) is 29.4 Å². The van der Waals surface area contributed by atoms with Crippen molar-refractivity contribution in [2.24, 2.45) is 35.5 Å². The molecule has 7 aliphatic rings. The number of hydrogen-bond acceptors (Lipinski definition) is 18. The van der Waals surface area contributed by atoms with Crippen molar-refractivity contribution in [2.45, 2.75) is 238 Å². The van der Waals surface area contributed by atoms with E-state index in [9.17, 15) is 30.6 Å². The van der Waals surface area contributed by atoms with Gasteiger partial charge in [0.2, 0.25) is 0 Å². The van der Waals surface area contributed by atoms with Gasteiger partial charge in [-0.25, -0.2) is 0 Å². The van der Waals surface area contributed by atoms with E-state index in [1.54, 1.807) is 0 Å². The maximum absolute atomic E-state index is 13.6. The molecule has 588 valence electrons. The van der Waals surface area contributed by atoms with Gasteiger partial charge in [-0.3, -0.25) is 29.4 Å². The van der Waals surface area contributed by atoms with Gasteiger partial charge in [-0.1, -0.05) is 125 Å². The number of rotatable bonds is 18. The van der Waals surface area contributed by atoms with Gasteiger partial charge >= 0.3 is 0 Å². The van der Waals surface area contributed by atoms with Crippen LogP contribution in [-0.2, 0) is 39.3 Å². The lowest BCUT2D eigenvalue weighted by Gasteiger charge is -2.38. The summed E-state index contributed by atoms with van der Waals surface area (Å²) in [5.74, 6) is 3.39. The summed E-state index contributed by atoms with van der Waals surface area (Å²) in [7, 11) is 0. The molecule has 18 nitrogen and oxygen atoms in total. The van der Waals surface area contributed by atoms with Crippen LogP contribution in [0.4, 0.5) is 0 Å². The van der Waals surface area contributed by atoms with E-state index < -0.39 is 35.5 Å². The maximum atomic E-state index is 13.6. The second-order valence-electron chi connectivity index (χ2n) is 35.1. The Kier molecular flexibility index (Phi) is 23.7. The van der Waals surface area contributed by atoms with Gasteiger partial charge < -0.3 is 59.1 Å². The molecule has 6 N–H and O–H groups in total. The maximum Gasteiger partial charge on any atom is 0.142 e. The minimum atomic E-state index is -0.496. The molecule has 18 heteroatoms. The first-order valence-corrected chi connectivity index (χ1v) is 41.1. The molecule has 6 aliphatic heterocycles. The van der Waals surface area contributed by atoms with Crippen LogP contribution in [0.1, 0.15) is 299 Å². The van der Waals surface area contributed by atoms with Gasteiger partial charge in [0, 0.05) is 181 Å². The van der Waals surface area contributed by atoms with Crippen LogP contribution >= 0.6 is 0 Å². The van der Waals surface area contributed by atoms with Crippen LogP contribution in [0, 0.1) is 35.5 Å². The SMILES string of the molecule is CCC1c2cc(c3c(c2O)CN(CC(C)C)CO3)C(CC)c2cc(c3c(c2O)CN(CC(C)C)CO3)C(CC)c2cc(c3c(c2O)CN(CC(C)C)CO3)C(CC)c2cc(c3c(c2O)CN(CC(C)C)CO3)C(CC)c2cc(c3c(c2O)CN(CC(C)C)CO3)C(CC)c2cc1c1c(c2O)CN(CC(C)C)CO1. The van der Waals surface area contributed by atoms with Crippen molar-refractivity contribution in [3.63, 3.8) is 0 Å². The second kappa shape index (κ2) is 32.6. The number of benzene rings is 6. The van der Waals surface area contributed by atoms with E-state index in [0.717, 1.165) is 72.6 Å². The fourth-order valence-electron chi connectivity index (χ4n) is 19.6. The summed E-state index contributed by atoms with van der Waals surface area (Å²) >= 11 is 0. The summed E-state index contributed by atoms with van der Waals surface area (Å²) in [5.41, 5.74) is 13.4. The third-order valence-electron chi connectivity index (χ3n) is 23.8. The molecule has 13 rings (SSSR count). The predicted molar refractivity (Wildman–Crippen MR) is 426 cm³/mol. The Morgan fingerprint density at radius 2 is 0.370 bits per heavy atom. The molecule has 108 heavy (non-hydrogen) atoms. The van der Waals surface area contributed by atoms with Crippen LogP contribution in [-0.4, -0.2) is 140 Å². The van der Waals surface area contributed by atoms with Crippen molar-refractivity contribution in [3.05, 3.63) is 137 Å². The third-order valence-corrected chi connectivity index (χ3v) is 23.8. The standard InChI is InChI=1S/C90H126N6O12/c1-19-55-61-25-68(86-73(79(61)97)37-91(44-104-86)31-49(7)8)57(21-3)63-27-70(88-75(81(63)99)39-93(46-106-88)33-51(11)12)59(23-5)65-29-72(90-77(83(65)101)41-95(48-108-90)35-53(15)16)60(24-6)66-30-71(89-78(84(66)102)42-96(47-107-89)36-54(17)18)58(22-4)64-28-69(87-76(82(64)100)40-94(45-105-87)34-52(13)14)56(20-2)62-26-67(55)85-74(80(62)98)38-92(43-103-85)32-50(9)10/h25-30,49-60,97-102H,19-24,31-48H2,1-18H3. The zero-order valence-corrected chi connectivity index (χ0v) is 68.2. The van der Waals surface area contributed by atoms with E-state index in [0.29, 0.717) is 255 Å². The Morgan fingerprint density at radius 3 is 0.481 bits per heavy atom. The van der Waals surface area contributed by atoms with Gasteiger partial charge in [-0.05, 0) is 110 Å². The van der Waals surface area contributed by atoms with E-state index in [1.807, 2.05) is 0 Å². The second-order valence-corrected chi connectivity index (χ2v) is 35.1. The fourth-order valence-corrected chi connectivity index (χ4v) is 19.6. The molecule has 12 bridgehead atoms. The Balaban J connectivity index is 1.17.